The van der Waals surface area contributed by atoms with Crippen molar-refractivity contribution in [2.75, 3.05) is 18.4 Å². The maximum Gasteiger partial charge on any atom is 0.413 e. The van der Waals surface area contributed by atoms with E-state index in [2.05, 4.69) is 24.1 Å². The molecule has 2 rings (SSSR count). The second kappa shape index (κ2) is 8.49. The lowest BCUT2D eigenvalue weighted by atomic mass is 10.2. The second-order valence-electron chi connectivity index (χ2n) is 7.12. The van der Waals surface area contributed by atoms with E-state index in [1.54, 1.807) is 26.8 Å². The summed E-state index contributed by atoms with van der Waals surface area (Å²) in [5.74, 6) is 0.0330. The number of amides is 2. The first-order valence-electron chi connectivity index (χ1n) is 8.93. The third-order valence-electron chi connectivity index (χ3n) is 3.52. The Morgan fingerprint density at radius 2 is 1.85 bits per heavy atom. The minimum absolute atomic E-state index is 0.0330. The molecule has 2 amide bonds. The molecule has 0 aliphatic carbocycles. The number of nitrogens with one attached hydrogen (secondary N) is 1. The third kappa shape index (κ3) is 5.42. The lowest BCUT2D eigenvalue weighted by Gasteiger charge is -2.21. The number of carbonyl (C=O) groups is 2. The van der Waals surface area contributed by atoms with Crippen molar-refractivity contribution in [1.29, 1.82) is 0 Å². The van der Waals surface area contributed by atoms with Gasteiger partial charge in [-0.1, -0.05) is 25.2 Å². The van der Waals surface area contributed by atoms with Gasteiger partial charge >= 0.3 is 6.09 Å². The monoisotopic (exact) mass is 377 g/mol. The predicted molar refractivity (Wildman–Crippen MR) is 106 cm³/mol. The fourth-order valence-electron chi connectivity index (χ4n) is 2.54. The van der Waals surface area contributed by atoms with Crippen LogP contribution in [-0.4, -0.2) is 40.6 Å². The molecule has 0 radical (unpaired) electrons. The van der Waals surface area contributed by atoms with E-state index in [-0.39, 0.29) is 5.91 Å². The highest BCUT2D eigenvalue weighted by atomic mass is 32.1. The van der Waals surface area contributed by atoms with Gasteiger partial charge in [-0.3, -0.25) is 10.1 Å². The van der Waals surface area contributed by atoms with Crippen molar-refractivity contribution in [3.8, 4) is 0 Å². The molecule has 6 nitrogen and oxygen atoms in total. The van der Waals surface area contributed by atoms with Crippen molar-refractivity contribution in [2.24, 2.45) is 0 Å². The van der Waals surface area contributed by atoms with Crippen LogP contribution in [0.5, 0.6) is 0 Å². The standard InChI is InChI=1S/C19H27N3O3S/c1-6-10-22(11-7-2)16(23)13-8-9-14-15(12-13)26-17(20-14)21-18(24)25-19(3,4)5/h8-9,12H,6-7,10-11H2,1-5H3,(H,20,21,24). The summed E-state index contributed by atoms with van der Waals surface area (Å²) in [6.07, 6.45) is 1.32. The molecule has 0 spiro atoms. The summed E-state index contributed by atoms with van der Waals surface area (Å²) < 4.78 is 6.10. The summed E-state index contributed by atoms with van der Waals surface area (Å²) in [5.41, 5.74) is 0.824. The minimum atomic E-state index is -0.567. The molecule has 0 fully saturated rings. The average molecular weight is 378 g/mol. The lowest BCUT2D eigenvalue weighted by Crippen LogP contribution is -2.32. The first-order valence-corrected chi connectivity index (χ1v) is 9.75. The first-order chi connectivity index (χ1) is 12.2. The molecule has 1 aromatic carbocycles. The van der Waals surface area contributed by atoms with Crippen molar-refractivity contribution in [2.45, 2.75) is 53.1 Å². The molecule has 0 aliphatic rings. The molecule has 0 aliphatic heterocycles. The van der Waals surface area contributed by atoms with Gasteiger partial charge in [0.15, 0.2) is 5.13 Å². The highest BCUT2D eigenvalue weighted by molar-refractivity contribution is 7.22. The average Bonchev–Trinajstić information content (AvgIpc) is 2.93. The summed E-state index contributed by atoms with van der Waals surface area (Å²) in [7, 11) is 0. The fourth-order valence-corrected chi connectivity index (χ4v) is 3.43. The Balaban J connectivity index is 2.18. The van der Waals surface area contributed by atoms with Crippen molar-refractivity contribution < 1.29 is 14.3 Å². The number of anilines is 1. The number of rotatable bonds is 6. The quantitative estimate of drug-likeness (QED) is 0.777. The van der Waals surface area contributed by atoms with Crippen LogP contribution < -0.4 is 5.32 Å². The van der Waals surface area contributed by atoms with Crippen molar-refractivity contribution in [3.63, 3.8) is 0 Å². The summed E-state index contributed by atoms with van der Waals surface area (Å²) in [6, 6.07) is 5.45. The fraction of sp³-hybridized carbons (Fsp3) is 0.526. The van der Waals surface area contributed by atoms with Gasteiger partial charge in [0.1, 0.15) is 5.60 Å². The molecule has 142 valence electrons. The topological polar surface area (TPSA) is 71.5 Å². The first kappa shape index (κ1) is 20.2. The molecule has 1 aromatic heterocycles. The van der Waals surface area contributed by atoms with Crippen molar-refractivity contribution >= 4 is 38.7 Å². The Bertz CT molecular complexity index is 774. The Morgan fingerprint density at radius 1 is 1.19 bits per heavy atom. The van der Waals surface area contributed by atoms with Gasteiger partial charge in [0.05, 0.1) is 10.2 Å². The molecule has 1 heterocycles. The summed E-state index contributed by atoms with van der Waals surface area (Å²) >= 11 is 1.33. The minimum Gasteiger partial charge on any atom is -0.444 e. The van der Waals surface area contributed by atoms with E-state index in [0.29, 0.717) is 10.7 Å². The highest BCUT2D eigenvalue weighted by Gasteiger charge is 2.19. The number of ether oxygens (including phenoxy) is 1. The smallest absolute Gasteiger partial charge is 0.413 e. The Morgan fingerprint density at radius 3 is 2.42 bits per heavy atom. The second-order valence-corrected chi connectivity index (χ2v) is 8.15. The molecule has 7 heteroatoms. The Hall–Kier alpha value is -2.15. The summed E-state index contributed by atoms with van der Waals surface area (Å²) in [6.45, 7) is 11.1. The van der Waals surface area contributed by atoms with Gasteiger partial charge in [-0.05, 0) is 51.8 Å². The zero-order chi connectivity index (χ0) is 19.3. The van der Waals surface area contributed by atoms with Crippen LogP contribution >= 0.6 is 11.3 Å². The van der Waals surface area contributed by atoms with Crippen LogP contribution in [0, 0.1) is 0 Å². The van der Waals surface area contributed by atoms with Crippen LogP contribution in [0.2, 0.25) is 0 Å². The van der Waals surface area contributed by atoms with Gasteiger partial charge in [0, 0.05) is 18.7 Å². The molecular weight excluding hydrogens is 350 g/mol. The Kier molecular flexibility index (Phi) is 6.58. The molecule has 0 unspecified atom stereocenters. The van der Waals surface area contributed by atoms with E-state index in [9.17, 15) is 9.59 Å². The number of fused-ring (bicyclic) bond motifs is 1. The number of hydrogen-bond acceptors (Lipinski definition) is 5. The normalized spacial score (nSPS) is 11.4. The number of thiazole rings is 1. The molecular formula is C19H27N3O3S. The molecule has 1 N–H and O–H groups in total. The number of aromatic nitrogens is 1. The van der Waals surface area contributed by atoms with E-state index in [0.717, 1.165) is 36.1 Å². The third-order valence-corrected chi connectivity index (χ3v) is 4.45. The predicted octanol–water partition coefficient (Wildman–Crippen LogP) is 4.91. The van der Waals surface area contributed by atoms with E-state index in [1.807, 2.05) is 17.0 Å². The van der Waals surface area contributed by atoms with Gasteiger partial charge in [-0.15, -0.1) is 0 Å². The van der Waals surface area contributed by atoms with Gasteiger partial charge < -0.3 is 9.64 Å². The van der Waals surface area contributed by atoms with Crippen LogP contribution in [-0.2, 0) is 4.74 Å². The van der Waals surface area contributed by atoms with E-state index >= 15 is 0 Å². The van der Waals surface area contributed by atoms with Crippen LogP contribution in [0.25, 0.3) is 10.2 Å². The molecule has 0 atom stereocenters. The van der Waals surface area contributed by atoms with Crippen LogP contribution in [0.15, 0.2) is 18.2 Å². The number of hydrogen-bond donors (Lipinski definition) is 1. The highest BCUT2D eigenvalue weighted by Crippen LogP contribution is 2.27. The van der Waals surface area contributed by atoms with Gasteiger partial charge in [-0.2, -0.15) is 0 Å². The van der Waals surface area contributed by atoms with Crippen molar-refractivity contribution in [1.82, 2.24) is 9.88 Å². The molecule has 0 saturated heterocycles. The van der Waals surface area contributed by atoms with Crippen LogP contribution in [0.3, 0.4) is 0 Å². The van der Waals surface area contributed by atoms with Gasteiger partial charge in [0.2, 0.25) is 0 Å². The van der Waals surface area contributed by atoms with Crippen LogP contribution in [0.1, 0.15) is 57.8 Å². The molecule has 26 heavy (non-hydrogen) atoms. The van der Waals surface area contributed by atoms with Gasteiger partial charge in [-0.25, -0.2) is 9.78 Å². The number of nitrogens with zero attached hydrogens (tertiary/aromatic N) is 2. The number of carbonyl (C=O) groups excluding carboxylic acids is 2. The lowest BCUT2D eigenvalue weighted by molar-refractivity contribution is 0.0635. The molecule has 0 saturated carbocycles. The van der Waals surface area contributed by atoms with Gasteiger partial charge in [0.25, 0.3) is 5.91 Å². The largest absolute Gasteiger partial charge is 0.444 e. The van der Waals surface area contributed by atoms with E-state index < -0.39 is 11.7 Å². The zero-order valence-corrected chi connectivity index (χ0v) is 16.9. The maximum absolute atomic E-state index is 12.7. The molecule has 2 aromatic rings. The van der Waals surface area contributed by atoms with Crippen molar-refractivity contribution in [3.05, 3.63) is 23.8 Å². The maximum atomic E-state index is 12.7. The van der Waals surface area contributed by atoms with E-state index in [1.165, 1.54) is 11.3 Å². The SMILES string of the molecule is CCCN(CCC)C(=O)c1ccc2nc(NC(=O)OC(C)(C)C)sc2c1. The number of benzene rings is 1. The summed E-state index contributed by atoms with van der Waals surface area (Å²) in [4.78, 5) is 30.9. The zero-order valence-electron chi connectivity index (χ0n) is 16.1. The summed E-state index contributed by atoms with van der Waals surface area (Å²) in [5, 5.41) is 3.11. The van der Waals surface area contributed by atoms with Crippen LogP contribution in [0.4, 0.5) is 9.93 Å². The molecule has 0 bridgehead atoms. The Labute approximate surface area is 158 Å². The van der Waals surface area contributed by atoms with E-state index in [4.69, 9.17) is 4.74 Å².